The minimum atomic E-state index is -3.52. The number of rotatable bonds is 10. The Labute approximate surface area is 174 Å². The molecule has 0 unspecified atom stereocenters. The van der Waals surface area contributed by atoms with E-state index in [1.165, 1.54) is 18.4 Å². The van der Waals surface area contributed by atoms with Crippen LogP contribution in [0.25, 0.3) is 11.0 Å². The molecule has 0 saturated carbocycles. The highest BCUT2D eigenvalue weighted by atomic mass is 32.2. The molecule has 29 heavy (non-hydrogen) atoms. The lowest BCUT2D eigenvalue weighted by Gasteiger charge is -2.17. The summed E-state index contributed by atoms with van der Waals surface area (Å²) in [6, 6.07) is 5.19. The van der Waals surface area contributed by atoms with E-state index in [2.05, 4.69) is 35.6 Å². The van der Waals surface area contributed by atoms with Crippen LogP contribution in [0.15, 0.2) is 23.1 Å². The summed E-state index contributed by atoms with van der Waals surface area (Å²) in [5, 5.41) is 3.03. The van der Waals surface area contributed by atoms with E-state index in [0.29, 0.717) is 24.3 Å². The number of aryl methyl sites for hydroxylation is 2. The molecule has 2 aromatic rings. The Bertz CT molecular complexity index is 948. The van der Waals surface area contributed by atoms with E-state index in [1.807, 2.05) is 13.0 Å². The molecule has 1 N–H and O–H groups in total. The van der Waals surface area contributed by atoms with Crippen LogP contribution in [0.3, 0.4) is 0 Å². The lowest BCUT2D eigenvalue weighted by Crippen LogP contribution is -2.36. The fourth-order valence-corrected chi connectivity index (χ4v) is 3.93. The Morgan fingerprint density at radius 3 is 2.52 bits per heavy atom. The average molecular weight is 423 g/mol. The second kappa shape index (κ2) is 9.71. The van der Waals surface area contributed by atoms with Crippen molar-refractivity contribution in [2.24, 2.45) is 5.92 Å². The highest BCUT2D eigenvalue weighted by Gasteiger charge is 2.20. The Morgan fingerprint density at radius 1 is 1.24 bits per heavy atom. The van der Waals surface area contributed by atoms with Gasteiger partial charge in [-0.25, -0.2) is 17.7 Å². The molecule has 1 aromatic heterocycles. The highest BCUT2D eigenvalue weighted by Crippen LogP contribution is 2.23. The molecule has 0 aliphatic carbocycles. The number of carbonyl (C=O) groups excluding carboxylic acids is 1. The lowest BCUT2D eigenvalue weighted by atomic mass is 10.1. The number of amides is 1. The third kappa shape index (κ3) is 5.57. The van der Waals surface area contributed by atoms with Crippen LogP contribution in [-0.4, -0.2) is 48.3 Å². The molecule has 1 atom stereocenters. The smallest absolute Gasteiger partial charge is 0.242 e. The summed E-state index contributed by atoms with van der Waals surface area (Å²) in [6.45, 7) is 9.09. The van der Waals surface area contributed by atoms with E-state index in [9.17, 15) is 13.2 Å². The number of imidazole rings is 1. The van der Waals surface area contributed by atoms with E-state index in [4.69, 9.17) is 0 Å². The average Bonchev–Trinajstić information content (AvgIpc) is 3.00. The van der Waals surface area contributed by atoms with Crippen LogP contribution in [0.1, 0.15) is 52.8 Å². The summed E-state index contributed by atoms with van der Waals surface area (Å²) in [5.41, 5.74) is 1.55. The van der Waals surface area contributed by atoms with Gasteiger partial charge < -0.3 is 9.88 Å². The van der Waals surface area contributed by atoms with Crippen LogP contribution in [0.5, 0.6) is 0 Å². The predicted molar refractivity (Wildman–Crippen MR) is 116 cm³/mol. The summed E-state index contributed by atoms with van der Waals surface area (Å²) >= 11 is 0. The quantitative estimate of drug-likeness (QED) is 0.637. The van der Waals surface area contributed by atoms with Gasteiger partial charge in [-0.15, -0.1) is 0 Å². The van der Waals surface area contributed by atoms with Crippen LogP contribution < -0.4 is 5.32 Å². The first-order chi connectivity index (χ1) is 13.6. The third-order valence-corrected chi connectivity index (χ3v) is 7.09. The SMILES string of the molecule is CCCCn1c(CCC(=O)N[C@H](C)C(C)C)nc2cc(S(=O)(=O)N(C)C)ccc21. The van der Waals surface area contributed by atoms with Crippen molar-refractivity contribution in [3.8, 4) is 0 Å². The molecule has 0 aliphatic heterocycles. The van der Waals surface area contributed by atoms with Gasteiger partial charge in [-0.05, 0) is 37.5 Å². The molecule has 0 bridgehead atoms. The van der Waals surface area contributed by atoms with Gasteiger partial charge in [0.25, 0.3) is 0 Å². The number of hydrogen-bond acceptors (Lipinski definition) is 4. The zero-order valence-corrected chi connectivity index (χ0v) is 19.2. The maximum Gasteiger partial charge on any atom is 0.242 e. The monoisotopic (exact) mass is 422 g/mol. The number of unbranched alkanes of at least 4 members (excludes halogenated alkanes) is 1. The molecule has 7 nitrogen and oxygen atoms in total. The zero-order valence-electron chi connectivity index (χ0n) is 18.4. The first-order valence-electron chi connectivity index (χ1n) is 10.3. The van der Waals surface area contributed by atoms with Crippen molar-refractivity contribution in [2.45, 2.75) is 70.9 Å². The molecule has 2 rings (SSSR count). The molecular weight excluding hydrogens is 388 g/mol. The fourth-order valence-electron chi connectivity index (χ4n) is 3.01. The van der Waals surface area contributed by atoms with E-state index in [1.54, 1.807) is 12.1 Å². The van der Waals surface area contributed by atoms with E-state index >= 15 is 0 Å². The van der Waals surface area contributed by atoms with Gasteiger partial charge in [0.15, 0.2) is 0 Å². The van der Waals surface area contributed by atoms with E-state index in [-0.39, 0.29) is 16.8 Å². The zero-order chi connectivity index (χ0) is 21.8. The Kier molecular flexibility index (Phi) is 7.82. The minimum Gasteiger partial charge on any atom is -0.353 e. The number of fused-ring (bicyclic) bond motifs is 1. The summed E-state index contributed by atoms with van der Waals surface area (Å²) in [6.07, 6.45) is 2.91. The van der Waals surface area contributed by atoms with Gasteiger partial charge in [-0.3, -0.25) is 4.79 Å². The molecule has 0 radical (unpaired) electrons. The van der Waals surface area contributed by atoms with Crippen LogP contribution in [0.2, 0.25) is 0 Å². The lowest BCUT2D eigenvalue weighted by molar-refractivity contribution is -0.121. The van der Waals surface area contributed by atoms with Crippen molar-refractivity contribution in [1.29, 1.82) is 0 Å². The van der Waals surface area contributed by atoms with Crippen molar-refractivity contribution in [3.05, 3.63) is 24.0 Å². The predicted octanol–water partition coefficient (Wildman–Crippen LogP) is 3.18. The molecule has 0 aliphatic rings. The maximum absolute atomic E-state index is 12.5. The Balaban J connectivity index is 2.31. The fraction of sp³-hybridized carbons (Fsp3) is 0.619. The van der Waals surface area contributed by atoms with E-state index < -0.39 is 10.0 Å². The number of sulfonamides is 1. The Morgan fingerprint density at radius 2 is 1.93 bits per heavy atom. The van der Waals surface area contributed by atoms with Crippen molar-refractivity contribution in [1.82, 2.24) is 19.2 Å². The third-order valence-electron chi connectivity index (χ3n) is 5.28. The second-order valence-corrected chi connectivity index (χ2v) is 10.2. The largest absolute Gasteiger partial charge is 0.353 e. The molecule has 1 aromatic carbocycles. The first kappa shape index (κ1) is 23.3. The van der Waals surface area contributed by atoms with Gasteiger partial charge in [0.2, 0.25) is 15.9 Å². The molecule has 0 spiro atoms. The molecular formula is C21H34N4O3S. The molecule has 0 fully saturated rings. The molecule has 0 saturated heterocycles. The number of hydrogen-bond donors (Lipinski definition) is 1. The van der Waals surface area contributed by atoms with E-state index in [0.717, 1.165) is 30.7 Å². The summed E-state index contributed by atoms with van der Waals surface area (Å²) < 4.78 is 28.2. The van der Waals surface area contributed by atoms with Gasteiger partial charge in [-0.2, -0.15) is 0 Å². The molecule has 1 amide bonds. The standard InChI is InChI=1S/C21H34N4O3S/c1-7-8-13-25-19-10-9-17(29(27,28)24(5)6)14-18(19)23-20(25)11-12-21(26)22-16(4)15(2)3/h9-10,14-16H,7-8,11-13H2,1-6H3,(H,22,26)/t16-/m1/s1. The van der Waals surface area contributed by atoms with Crippen LogP contribution in [-0.2, 0) is 27.8 Å². The maximum atomic E-state index is 12.5. The summed E-state index contributed by atoms with van der Waals surface area (Å²) in [7, 11) is -0.485. The van der Waals surface area contributed by atoms with Crippen LogP contribution in [0.4, 0.5) is 0 Å². The number of nitrogens with zero attached hydrogens (tertiary/aromatic N) is 3. The van der Waals surface area contributed by atoms with Crippen molar-refractivity contribution >= 4 is 27.0 Å². The molecule has 8 heteroatoms. The number of benzene rings is 1. The van der Waals surface area contributed by atoms with Gasteiger partial charge in [0, 0.05) is 39.5 Å². The number of aromatic nitrogens is 2. The highest BCUT2D eigenvalue weighted by molar-refractivity contribution is 7.89. The molecule has 1 heterocycles. The number of carbonyl (C=O) groups is 1. The number of nitrogens with one attached hydrogen (secondary N) is 1. The van der Waals surface area contributed by atoms with Gasteiger partial charge >= 0.3 is 0 Å². The second-order valence-electron chi connectivity index (χ2n) is 8.07. The van der Waals surface area contributed by atoms with Crippen molar-refractivity contribution < 1.29 is 13.2 Å². The van der Waals surface area contributed by atoms with Gasteiger partial charge in [0.05, 0.1) is 15.9 Å². The topological polar surface area (TPSA) is 84.3 Å². The summed E-state index contributed by atoms with van der Waals surface area (Å²) in [5.74, 6) is 1.21. The van der Waals surface area contributed by atoms with Crippen molar-refractivity contribution in [2.75, 3.05) is 14.1 Å². The van der Waals surface area contributed by atoms with Crippen LogP contribution >= 0.6 is 0 Å². The van der Waals surface area contributed by atoms with Crippen LogP contribution in [0, 0.1) is 5.92 Å². The van der Waals surface area contributed by atoms with Crippen molar-refractivity contribution in [3.63, 3.8) is 0 Å². The van der Waals surface area contributed by atoms with Gasteiger partial charge in [0.1, 0.15) is 5.82 Å². The Hall–Kier alpha value is -1.93. The minimum absolute atomic E-state index is 0.0103. The normalized spacial score (nSPS) is 13.4. The summed E-state index contributed by atoms with van der Waals surface area (Å²) in [4.78, 5) is 17.2. The molecule has 162 valence electrons. The first-order valence-corrected chi connectivity index (χ1v) is 11.7. The van der Waals surface area contributed by atoms with Gasteiger partial charge in [-0.1, -0.05) is 27.2 Å².